The number of nitrogens with one attached hydrogen (secondary N) is 1. The summed E-state index contributed by atoms with van der Waals surface area (Å²) in [7, 11) is 1.76. The molecule has 8 heteroatoms. The van der Waals surface area contributed by atoms with E-state index in [1.165, 1.54) is 0 Å². The molecule has 0 spiro atoms. The molecule has 2 bridgehead atoms. The molecule has 1 aromatic rings. The number of rotatable bonds is 5. The van der Waals surface area contributed by atoms with Crippen LogP contribution in [0.5, 0.6) is 0 Å². The van der Waals surface area contributed by atoms with E-state index >= 15 is 0 Å². The summed E-state index contributed by atoms with van der Waals surface area (Å²) in [6, 6.07) is 9.08. The van der Waals surface area contributed by atoms with Crippen LogP contribution in [-0.4, -0.2) is 74.5 Å². The van der Waals surface area contributed by atoms with Crippen molar-refractivity contribution in [2.24, 2.45) is 11.3 Å². The van der Waals surface area contributed by atoms with Gasteiger partial charge in [0.2, 0.25) is 5.91 Å². The van der Waals surface area contributed by atoms with Gasteiger partial charge in [-0.2, -0.15) is 5.26 Å². The van der Waals surface area contributed by atoms with Crippen molar-refractivity contribution in [3.63, 3.8) is 0 Å². The Labute approximate surface area is 212 Å². The number of carbonyl (C=O) groups excluding carboxylic acids is 1. The van der Waals surface area contributed by atoms with Crippen LogP contribution in [0.4, 0.5) is 5.69 Å². The first-order chi connectivity index (χ1) is 17.0. The molecular formula is C27H35ClN4O3. The molecule has 2 aliphatic carbocycles. The van der Waals surface area contributed by atoms with Crippen LogP contribution < -0.4 is 10.2 Å². The maximum atomic E-state index is 14.2. The fourth-order valence-electron chi connectivity index (χ4n) is 7.92. The normalized spacial score (nSPS) is 38.1. The highest BCUT2D eigenvalue weighted by atomic mass is 35.5. The third-order valence-corrected chi connectivity index (χ3v) is 9.85. The fraction of sp³-hybridized carbons (Fsp3) is 0.704. The average Bonchev–Trinajstić information content (AvgIpc) is 3.63. The number of carbonyl (C=O) groups is 1. The number of amides is 1. The van der Waals surface area contributed by atoms with E-state index in [0.717, 1.165) is 70.3 Å². The lowest BCUT2D eigenvalue weighted by atomic mass is 9.78. The fourth-order valence-corrected chi connectivity index (χ4v) is 8.13. The number of nitriles is 1. The Bertz CT molecular complexity index is 1030. The van der Waals surface area contributed by atoms with Gasteiger partial charge >= 0.3 is 0 Å². The smallest absolute Gasteiger partial charge is 0.229 e. The van der Waals surface area contributed by atoms with Crippen molar-refractivity contribution in [3.05, 3.63) is 28.8 Å². The number of anilines is 1. The van der Waals surface area contributed by atoms with Gasteiger partial charge < -0.3 is 24.6 Å². The molecule has 1 amide bonds. The van der Waals surface area contributed by atoms with E-state index in [-0.39, 0.29) is 23.6 Å². The van der Waals surface area contributed by atoms with Gasteiger partial charge in [-0.25, -0.2) is 0 Å². The van der Waals surface area contributed by atoms with Gasteiger partial charge in [0.15, 0.2) is 0 Å². The van der Waals surface area contributed by atoms with Crippen LogP contribution in [0.1, 0.15) is 50.5 Å². The minimum absolute atomic E-state index is 0.0842. The first kappa shape index (κ1) is 23.5. The minimum atomic E-state index is -0.214. The second kappa shape index (κ2) is 9.23. The van der Waals surface area contributed by atoms with Gasteiger partial charge in [-0.05, 0) is 56.6 Å². The second-order valence-electron chi connectivity index (χ2n) is 11.2. The Hall–Kier alpha value is -1.85. The first-order valence-corrected chi connectivity index (χ1v) is 13.5. The lowest BCUT2D eigenvalue weighted by Crippen LogP contribution is -2.54. The molecule has 7 nitrogen and oxygen atoms in total. The third kappa shape index (κ3) is 3.85. The molecular weight excluding hydrogens is 464 g/mol. The largest absolute Gasteiger partial charge is 0.379 e. The van der Waals surface area contributed by atoms with Crippen molar-refractivity contribution >= 4 is 23.2 Å². The Morgan fingerprint density at radius 3 is 2.94 bits per heavy atom. The summed E-state index contributed by atoms with van der Waals surface area (Å²) in [5, 5.41) is 14.0. The molecule has 1 aromatic carbocycles. The molecule has 3 aliphatic heterocycles. The number of ether oxygens (including phenoxy) is 2. The van der Waals surface area contributed by atoms with E-state index in [1.807, 2.05) is 12.1 Å². The summed E-state index contributed by atoms with van der Waals surface area (Å²) in [5.74, 6) is 0.861. The predicted molar refractivity (Wildman–Crippen MR) is 133 cm³/mol. The van der Waals surface area contributed by atoms with E-state index < -0.39 is 0 Å². The molecule has 6 rings (SSSR count). The summed E-state index contributed by atoms with van der Waals surface area (Å²) in [6.45, 7) is 2.94. The molecule has 0 radical (unpaired) electrons. The van der Waals surface area contributed by atoms with Crippen LogP contribution in [0.15, 0.2) is 18.2 Å². The van der Waals surface area contributed by atoms with Crippen molar-refractivity contribution in [2.45, 2.75) is 75.2 Å². The van der Waals surface area contributed by atoms with Crippen molar-refractivity contribution in [1.82, 2.24) is 10.2 Å². The van der Waals surface area contributed by atoms with E-state index in [9.17, 15) is 10.1 Å². The van der Waals surface area contributed by atoms with Gasteiger partial charge in [-0.1, -0.05) is 24.1 Å². The quantitative estimate of drug-likeness (QED) is 0.671. The zero-order valence-electron chi connectivity index (χ0n) is 20.4. The van der Waals surface area contributed by atoms with Crippen LogP contribution in [0, 0.1) is 22.7 Å². The summed E-state index contributed by atoms with van der Waals surface area (Å²) in [5.41, 5.74) is 1.24. The number of hydrogen-bond donors (Lipinski definition) is 1. The van der Waals surface area contributed by atoms with Crippen molar-refractivity contribution < 1.29 is 14.3 Å². The number of likely N-dealkylation sites (tertiary alicyclic amines) is 1. The van der Waals surface area contributed by atoms with Gasteiger partial charge in [0, 0.05) is 44.9 Å². The Kier molecular flexibility index (Phi) is 6.21. The number of hydrogen-bond acceptors (Lipinski definition) is 6. The maximum absolute atomic E-state index is 14.2. The number of halogens is 1. The third-order valence-electron chi connectivity index (χ3n) is 9.53. The van der Waals surface area contributed by atoms with Gasteiger partial charge in [-0.3, -0.25) is 4.79 Å². The molecule has 5 aliphatic rings. The first-order valence-electron chi connectivity index (χ1n) is 13.2. The Morgan fingerprint density at radius 1 is 1.29 bits per heavy atom. The van der Waals surface area contributed by atoms with Gasteiger partial charge in [0.05, 0.1) is 40.4 Å². The maximum Gasteiger partial charge on any atom is 0.229 e. The zero-order chi connectivity index (χ0) is 24.2. The molecule has 188 valence electrons. The topological polar surface area (TPSA) is 77.8 Å². The van der Waals surface area contributed by atoms with Crippen molar-refractivity contribution in [3.8, 4) is 6.07 Å². The Balaban J connectivity index is 1.16. The van der Waals surface area contributed by atoms with E-state index in [2.05, 4.69) is 21.2 Å². The molecule has 1 N–H and O–H groups in total. The van der Waals surface area contributed by atoms with Crippen LogP contribution >= 0.6 is 11.6 Å². The SMILES string of the molecule is CO[C@@H]1COCC[C@@H]1N[C@@H]1C[C@H]2CCC[C@@]2(C(=O)N2C[C@H]3C[C@H]2CN3c2cccc(Cl)c2C#N)C1. The number of nitrogens with zero attached hydrogens (tertiary/aromatic N) is 3. The minimum Gasteiger partial charge on any atom is -0.379 e. The molecule has 2 saturated carbocycles. The van der Waals surface area contributed by atoms with Crippen LogP contribution in [-0.2, 0) is 14.3 Å². The molecule has 0 aromatic heterocycles. The monoisotopic (exact) mass is 498 g/mol. The standard InChI is InChI=1S/C27H35ClN4O3/c1-34-25-16-35-9-7-23(25)30-18-10-17-4-3-8-27(17,12-18)26(33)32-15-19-11-20(32)14-31(19)24-6-2-5-22(28)21(24)13-29/h2,5-6,17-20,23,25,30H,3-4,7-12,14-16H2,1H3/t17-,18-,19-,20+,23+,25-,27-/m1/s1. The van der Waals surface area contributed by atoms with Crippen LogP contribution in [0.2, 0.25) is 5.02 Å². The number of fused-ring (bicyclic) bond motifs is 3. The summed E-state index contributed by atoms with van der Waals surface area (Å²) in [6.07, 6.45) is 7.37. The highest BCUT2D eigenvalue weighted by molar-refractivity contribution is 6.32. The summed E-state index contributed by atoms with van der Waals surface area (Å²) < 4.78 is 11.3. The Morgan fingerprint density at radius 2 is 2.17 bits per heavy atom. The average molecular weight is 499 g/mol. The van der Waals surface area contributed by atoms with Crippen LogP contribution in [0.3, 0.4) is 0 Å². The molecule has 7 atom stereocenters. The summed E-state index contributed by atoms with van der Waals surface area (Å²) >= 11 is 6.30. The van der Waals surface area contributed by atoms with E-state index in [1.54, 1.807) is 13.2 Å². The van der Waals surface area contributed by atoms with Crippen LogP contribution in [0.25, 0.3) is 0 Å². The lowest BCUT2D eigenvalue weighted by Gasteiger charge is -2.41. The molecule has 5 fully saturated rings. The van der Waals surface area contributed by atoms with E-state index in [4.69, 9.17) is 21.1 Å². The highest BCUT2D eigenvalue weighted by Crippen LogP contribution is 2.56. The number of methoxy groups -OCH3 is 1. The predicted octanol–water partition coefficient (Wildman–Crippen LogP) is 3.34. The van der Waals surface area contributed by atoms with Gasteiger partial charge in [0.25, 0.3) is 0 Å². The summed E-state index contributed by atoms with van der Waals surface area (Å²) in [4.78, 5) is 18.7. The zero-order valence-corrected chi connectivity index (χ0v) is 21.2. The van der Waals surface area contributed by atoms with Crippen molar-refractivity contribution in [1.29, 1.82) is 5.26 Å². The molecule has 35 heavy (non-hydrogen) atoms. The molecule has 3 heterocycles. The van der Waals surface area contributed by atoms with Gasteiger partial charge in [-0.15, -0.1) is 0 Å². The van der Waals surface area contributed by atoms with E-state index in [0.29, 0.717) is 41.1 Å². The molecule has 0 unspecified atom stereocenters. The highest BCUT2D eigenvalue weighted by Gasteiger charge is 2.59. The second-order valence-corrected chi connectivity index (χ2v) is 11.6. The number of benzene rings is 1. The lowest BCUT2D eigenvalue weighted by molar-refractivity contribution is -0.144. The van der Waals surface area contributed by atoms with Gasteiger partial charge in [0.1, 0.15) is 6.07 Å². The number of piperazine rings is 1. The van der Waals surface area contributed by atoms with Crippen molar-refractivity contribution in [2.75, 3.05) is 38.3 Å². The molecule has 3 saturated heterocycles.